The van der Waals surface area contributed by atoms with Crippen LogP contribution in [0.3, 0.4) is 0 Å². The second-order valence-corrected chi connectivity index (χ2v) is 4.82. The zero-order valence-electron chi connectivity index (χ0n) is 9.76. The highest BCUT2D eigenvalue weighted by atomic mass is 16.7. The topological polar surface area (TPSA) is 30.5 Å². The van der Waals surface area contributed by atoms with Crippen molar-refractivity contribution in [2.24, 2.45) is 5.92 Å². The van der Waals surface area contributed by atoms with Crippen molar-refractivity contribution in [3.05, 3.63) is 0 Å². The molecule has 0 aromatic heterocycles. The van der Waals surface area contributed by atoms with Crippen molar-refractivity contribution < 1.29 is 9.47 Å². The molecule has 1 spiro atoms. The molecule has 1 saturated carbocycles. The van der Waals surface area contributed by atoms with Crippen LogP contribution in [0.2, 0.25) is 0 Å². The molecule has 0 aromatic carbocycles. The van der Waals surface area contributed by atoms with E-state index in [4.69, 9.17) is 9.47 Å². The highest BCUT2D eigenvalue weighted by Gasteiger charge is 2.40. The standard InChI is InChI=1S/C12H23NO2/c1-13-7-3-5-11-4-2-6-12(10-11)14-8-9-15-12/h11,13H,2-10H2,1H3. The van der Waals surface area contributed by atoms with Crippen molar-refractivity contribution in [1.82, 2.24) is 5.32 Å². The summed E-state index contributed by atoms with van der Waals surface area (Å²) in [5.74, 6) is 0.632. The van der Waals surface area contributed by atoms with Crippen molar-refractivity contribution in [3.8, 4) is 0 Å². The molecular weight excluding hydrogens is 190 g/mol. The lowest BCUT2D eigenvalue weighted by molar-refractivity contribution is -0.187. The van der Waals surface area contributed by atoms with Crippen molar-refractivity contribution in [2.75, 3.05) is 26.8 Å². The Labute approximate surface area is 92.5 Å². The van der Waals surface area contributed by atoms with Crippen LogP contribution >= 0.6 is 0 Å². The van der Waals surface area contributed by atoms with Crippen LogP contribution in [0.15, 0.2) is 0 Å². The second kappa shape index (κ2) is 5.28. The van der Waals surface area contributed by atoms with Gasteiger partial charge in [0.1, 0.15) is 0 Å². The Morgan fingerprint density at radius 1 is 1.33 bits per heavy atom. The van der Waals surface area contributed by atoms with E-state index >= 15 is 0 Å². The molecule has 1 heterocycles. The molecule has 0 amide bonds. The zero-order chi connectivity index (χ0) is 10.6. The van der Waals surface area contributed by atoms with Gasteiger partial charge < -0.3 is 14.8 Å². The first-order chi connectivity index (χ1) is 7.35. The summed E-state index contributed by atoms with van der Waals surface area (Å²) >= 11 is 0. The van der Waals surface area contributed by atoms with Crippen LogP contribution in [0.25, 0.3) is 0 Å². The number of hydrogen-bond donors (Lipinski definition) is 1. The molecule has 1 aliphatic carbocycles. The monoisotopic (exact) mass is 213 g/mol. The maximum Gasteiger partial charge on any atom is 0.168 e. The van der Waals surface area contributed by atoms with Crippen molar-refractivity contribution >= 4 is 0 Å². The highest BCUT2D eigenvalue weighted by molar-refractivity contribution is 4.83. The molecule has 1 aliphatic heterocycles. The number of hydrogen-bond acceptors (Lipinski definition) is 3. The van der Waals surface area contributed by atoms with Crippen molar-refractivity contribution in [2.45, 2.75) is 44.3 Å². The average molecular weight is 213 g/mol. The summed E-state index contributed by atoms with van der Waals surface area (Å²) < 4.78 is 11.6. The third-order valence-electron chi connectivity index (χ3n) is 3.62. The lowest BCUT2D eigenvalue weighted by Crippen LogP contribution is -2.36. The largest absolute Gasteiger partial charge is 0.348 e. The minimum atomic E-state index is -0.178. The molecule has 88 valence electrons. The minimum Gasteiger partial charge on any atom is -0.348 e. The van der Waals surface area contributed by atoms with E-state index in [-0.39, 0.29) is 5.79 Å². The fraction of sp³-hybridized carbons (Fsp3) is 1.00. The summed E-state index contributed by atoms with van der Waals surface area (Å²) in [4.78, 5) is 0. The normalized spacial score (nSPS) is 29.8. The molecule has 2 fully saturated rings. The molecular formula is C12H23NO2. The van der Waals surface area contributed by atoms with Gasteiger partial charge in [-0.25, -0.2) is 0 Å². The fourth-order valence-electron chi connectivity index (χ4n) is 2.88. The smallest absolute Gasteiger partial charge is 0.168 e. The third-order valence-corrected chi connectivity index (χ3v) is 3.62. The van der Waals surface area contributed by atoms with Crippen LogP contribution in [0.1, 0.15) is 38.5 Å². The van der Waals surface area contributed by atoms with E-state index in [1.165, 1.54) is 25.7 Å². The molecule has 1 atom stereocenters. The van der Waals surface area contributed by atoms with Gasteiger partial charge in [0.05, 0.1) is 13.2 Å². The highest BCUT2D eigenvalue weighted by Crippen LogP contribution is 2.40. The van der Waals surface area contributed by atoms with Crippen LogP contribution in [0.4, 0.5) is 0 Å². The first-order valence-corrected chi connectivity index (χ1v) is 6.27. The lowest BCUT2D eigenvalue weighted by Gasteiger charge is -2.36. The fourth-order valence-corrected chi connectivity index (χ4v) is 2.88. The maximum atomic E-state index is 5.78. The lowest BCUT2D eigenvalue weighted by atomic mass is 9.82. The van der Waals surface area contributed by atoms with E-state index in [1.54, 1.807) is 0 Å². The predicted octanol–water partition coefficient (Wildman–Crippen LogP) is 1.92. The molecule has 1 N–H and O–H groups in total. The Balaban J connectivity index is 1.76. The number of ether oxygens (including phenoxy) is 2. The van der Waals surface area contributed by atoms with Crippen LogP contribution in [-0.2, 0) is 9.47 Å². The molecule has 3 heteroatoms. The quantitative estimate of drug-likeness (QED) is 0.724. The molecule has 3 nitrogen and oxygen atoms in total. The molecule has 1 saturated heterocycles. The van der Waals surface area contributed by atoms with Crippen LogP contribution in [-0.4, -0.2) is 32.6 Å². The molecule has 0 radical (unpaired) electrons. The third kappa shape index (κ3) is 2.92. The first-order valence-electron chi connectivity index (χ1n) is 6.27. The van der Waals surface area contributed by atoms with E-state index in [1.807, 2.05) is 7.05 Å². The number of rotatable bonds is 4. The van der Waals surface area contributed by atoms with Gasteiger partial charge in [0.25, 0.3) is 0 Å². The Morgan fingerprint density at radius 3 is 2.87 bits per heavy atom. The summed E-state index contributed by atoms with van der Waals surface area (Å²) in [6.45, 7) is 2.72. The predicted molar refractivity (Wildman–Crippen MR) is 59.8 cm³/mol. The van der Waals surface area contributed by atoms with Gasteiger partial charge >= 0.3 is 0 Å². The van der Waals surface area contributed by atoms with Gasteiger partial charge in [-0.15, -0.1) is 0 Å². The Bertz CT molecular complexity index is 190. The number of nitrogens with one attached hydrogen (secondary N) is 1. The summed E-state index contributed by atoms with van der Waals surface area (Å²) in [6.07, 6.45) is 7.45. The molecule has 2 aliphatic rings. The van der Waals surface area contributed by atoms with Gasteiger partial charge in [-0.05, 0) is 38.8 Å². The molecule has 0 aromatic rings. The van der Waals surface area contributed by atoms with Gasteiger partial charge in [-0.3, -0.25) is 0 Å². The van der Waals surface area contributed by atoms with Crippen LogP contribution in [0, 0.1) is 5.92 Å². The Kier molecular flexibility index (Phi) is 4.00. The molecule has 2 rings (SSSR count). The van der Waals surface area contributed by atoms with Crippen molar-refractivity contribution in [3.63, 3.8) is 0 Å². The van der Waals surface area contributed by atoms with E-state index < -0.39 is 0 Å². The summed E-state index contributed by atoms with van der Waals surface area (Å²) in [5, 5.41) is 3.21. The van der Waals surface area contributed by atoms with Crippen LogP contribution in [0.5, 0.6) is 0 Å². The Morgan fingerprint density at radius 2 is 2.13 bits per heavy atom. The summed E-state index contributed by atoms with van der Waals surface area (Å²) in [5.41, 5.74) is 0. The van der Waals surface area contributed by atoms with Gasteiger partial charge in [0, 0.05) is 12.8 Å². The minimum absolute atomic E-state index is 0.178. The maximum absolute atomic E-state index is 5.78. The van der Waals surface area contributed by atoms with Crippen molar-refractivity contribution in [1.29, 1.82) is 0 Å². The molecule has 1 unspecified atom stereocenters. The first kappa shape index (κ1) is 11.4. The van der Waals surface area contributed by atoms with E-state index in [2.05, 4.69) is 5.32 Å². The average Bonchev–Trinajstić information content (AvgIpc) is 2.67. The summed E-state index contributed by atoms with van der Waals surface area (Å²) in [7, 11) is 2.02. The Hall–Kier alpha value is -0.120. The van der Waals surface area contributed by atoms with Gasteiger partial charge in [0.2, 0.25) is 0 Å². The van der Waals surface area contributed by atoms with E-state index in [0.29, 0.717) is 0 Å². The van der Waals surface area contributed by atoms with Gasteiger partial charge in [-0.1, -0.05) is 6.42 Å². The molecule has 15 heavy (non-hydrogen) atoms. The van der Waals surface area contributed by atoms with Gasteiger partial charge in [-0.2, -0.15) is 0 Å². The SMILES string of the molecule is CNCCCC1CCCC2(C1)OCCO2. The van der Waals surface area contributed by atoms with E-state index in [9.17, 15) is 0 Å². The summed E-state index contributed by atoms with van der Waals surface area (Å²) in [6, 6.07) is 0. The second-order valence-electron chi connectivity index (χ2n) is 4.82. The zero-order valence-corrected chi connectivity index (χ0v) is 9.76. The van der Waals surface area contributed by atoms with E-state index in [0.717, 1.165) is 38.5 Å². The molecule has 0 bridgehead atoms. The van der Waals surface area contributed by atoms with Gasteiger partial charge in [0.15, 0.2) is 5.79 Å². The van der Waals surface area contributed by atoms with Crippen LogP contribution < -0.4 is 5.32 Å².